The van der Waals surface area contributed by atoms with Crippen LogP contribution in [0.1, 0.15) is 25.7 Å². The monoisotopic (exact) mass is 212 g/mol. The number of likely N-dealkylation sites (tertiary alicyclic amines) is 1. The minimum Gasteiger partial charge on any atom is -0.381 e. The number of hydrogen-bond acceptors (Lipinski definition) is 3. The van der Waals surface area contributed by atoms with Crippen LogP contribution in [0.2, 0.25) is 0 Å². The zero-order valence-corrected chi connectivity index (χ0v) is 9.32. The lowest BCUT2D eigenvalue weighted by Crippen LogP contribution is -2.49. The van der Waals surface area contributed by atoms with E-state index >= 15 is 0 Å². The van der Waals surface area contributed by atoms with Gasteiger partial charge in [0.05, 0.1) is 6.10 Å². The van der Waals surface area contributed by atoms with Gasteiger partial charge >= 0.3 is 0 Å². The van der Waals surface area contributed by atoms with Crippen molar-refractivity contribution < 1.29 is 9.53 Å². The van der Waals surface area contributed by atoms with Gasteiger partial charge in [-0.2, -0.15) is 0 Å². The Morgan fingerprint density at radius 2 is 1.93 bits per heavy atom. The maximum atomic E-state index is 12.0. The van der Waals surface area contributed by atoms with E-state index in [9.17, 15) is 4.79 Å². The van der Waals surface area contributed by atoms with Crippen molar-refractivity contribution >= 4 is 5.91 Å². The molecular formula is C11H20N2O2. The van der Waals surface area contributed by atoms with Crippen molar-refractivity contribution in [2.75, 3.05) is 20.2 Å². The highest BCUT2D eigenvalue weighted by Gasteiger charge is 2.35. The number of nitrogens with zero attached hydrogens (tertiary/aromatic N) is 1. The molecule has 2 aliphatic rings. The van der Waals surface area contributed by atoms with Gasteiger partial charge < -0.3 is 15.4 Å². The second-order valence-corrected chi connectivity index (χ2v) is 4.69. The minimum absolute atomic E-state index is 0.207. The molecule has 86 valence electrons. The number of hydrogen-bond donors (Lipinski definition) is 1. The van der Waals surface area contributed by atoms with Gasteiger partial charge in [0.25, 0.3) is 0 Å². The van der Waals surface area contributed by atoms with Crippen molar-refractivity contribution in [2.45, 2.75) is 37.8 Å². The van der Waals surface area contributed by atoms with Gasteiger partial charge in [-0.1, -0.05) is 0 Å². The number of nitrogens with two attached hydrogens (primary N) is 1. The number of rotatable bonds is 2. The van der Waals surface area contributed by atoms with Crippen LogP contribution in [0.15, 0.2) is 0 Å². The molecule has 0 radical (unpaired) electrons. The molecule has 0 aromatic rings. The first-order valence-electron chi connectivity index (χ1n) is 5.78. The van der Waals surface area contributed by atoms with E-state index in [1.165, 1.54) is 0 Å². The first-order chi connectivity index (χ1) is 7.20. The van der Waals surface area contributed by atoms with Gasteiger partial charge in [0.1, 0.15) is 0 Å². The van der Waals surface area contributed by atoms with Crippen LogP contribution < -0.4 is 5.73 Å². The van der Waals surface area contributed by atoms with Crippen molar-refractivity contribution in [3.8, 4) is 0 Å². The first kappa shape index (κ1) is 10.9. The molecular weight excluding hydrogens is 192 g/mol. The molecule has 2 rings (SSSR count). The van der Waals surface area contributed by atoms with E-state index in [2.05, 4.69) is 0 Å². The maximum absolute atomic E-state index is 12.0. The molecule has 4 heteroatoms. The average Bonchev–Trinajstić information content (AvgIpc) is 2.24. The summed E-state index contributed by atoms with van der Waals surface area (Å²) in [5.41, 5.74) is 5.69. The molecule has 15 heavy (non-hydrogen) atoms. The lowest BCUT2D eigenvalue weighted by atomic mass is 9.79. The Bertz CT molecular complexity index is 231. The summed E-state index contributed by atoms with van der Waals surface area (Å²) in [6.45, 7) is 1.70. The summed E-state index contributed by atoms with van der Waals surface area (Å²) in [6, 6.07) is 0.260. The zero-order chi connectivity index (χ0) is 10.8. The number of carbonyl (C=O) groups excluding carboxylic acids is 1. The van der Waals surface area contributed by atoms with Gasteiger partial charge in [-0.05, 0) is 25.7 Å². The quantitative estimate of drug-likeness (QED) is 0.719. The SMILES string of the molecule is COC1CCN(C(=O)C2CC(N)C2)CC1. The van der Waals surface area contributed by atoms with Crippen LogP contribution >= 0.6 is 0 Å². The highest BCUT2D eigenvalue weighted by Crippen LogP contribution is 2.28. The van der Waals surface area contributed by atoms with E-state index in [1.54, 1.807) is 7.11 Å². The van der Waals surface area contributed by atoms with Crippen LogP contribution in [0, 0.1) is 5.92 Å². The third kappa shape index (κ3) is 2.32. The normalized spacial score (nSPS) is 32.5. The van der Waals surface area contributed by atoms with Crippen LogP contribution in [0.5, 0.6) is 0 Å². The van der Waals surface area contributed by atoms with Crippen molar-refractivity contribution in [3.05, 3.63) is 0 Å². The number of ether oxygens (including phenoxy) is 1. The third-order valence-corrected chi connectivity index (χ3v) is 3.61. The molecule has 1 saturated carbocycles. The van der Waals surface area contributed by atoms with Gasteiger partial charge in [-0.15, -0.1) is 0 Å². The van der Waals surface area contributed by atoms with Gasteiger partial charge in [0, 0.05) is 32.2 Å². The summed E-state index contributed by atoms with van der Waals surface area (Å²) in [7, 11) is 1.74. The van der Waals surface area contributed by atoms with Crippen LogP contribution in [0.25, 0.3) is 0 Å². The Kier molecular flexibility index (Phi) is 3.26. The molecule has 0 atom stereocenters. The fraction of sp³-hybridized carbons (Fsp3) is 0.909. The highest BCUT2D eigenvalue weighted by atomic mass is 16.5. The molecule has 1 aliphatic carbocycles. The third-order valence-electron chi connectivity index (χ3n) is 3.61. The van der Waals surface area contributed by atoms with Gasteiger partial charge in [0.15, 0.2) is 0 Å². The fourth-order valence-electron chi connectivity index (χ4n) is 2.43. The predicted molar refractivity (Wildman–Crippen MR) is 57.3 cm³/mol. The Hall–Kier alpha value is -0.610. The van der Waals surface area contributed by atoms with E-state index in [0.717, 1.165) is 38.8 Å². The molecule has 4 nitrogen and oxygen atoms in total. The molecule has 2 fully saturated rings. The summed E-state index contributed by atoms with van der Waals surface area (Å²) in [6.07, 6.45) is 4.05. The van der Waals surface area contributed by atoms with Crippen molar-refractivity contribution in [3.63, 3.8) is 0 Å². The summed E-state index contributed by atoms with van der Waals surface area (Å²) in [5, 5.41) is 0. The summed E-state index contributed by atoms with van der Waals surface area (Å²) in [4.78, 5) is 13.9. The topological polar surface area (TPSA) is 55.6 Å². The van der Waals surface area contributed by atoms with Crippen molar-refractivity contribution in [2.24, 2.45) is 11.7 Å². The predicted octanol–water partition coefficient (Wildman–Crippen LogP) is 0.361. The lowest BCUT2D eigenvalue weighted by molar-refractivity contribution is -0.141. The molecule has 1 heterocycles. The molecule has 0 spiro atoms. The van der Waals surface area contributed by atoms with E-state index in [0.29, 0.717) is 12.0 Å². The van der Waals surface area contributed by atoms with Gasteiger partial charge in [-0.25, -0.2) is 0 Å². The number of carbonyl (C=O) groups is 1. The fourth-order valence-corrected chi connectivity index (χ4v) is 2.43. The Morgan fingerprint density at radius 1 is 1.33 bits per heavy atom. The molecule has 0 unspecified atom stereocenters. The molecule has 1 saturated heterocycles. The molecule has 0 aromatic carbocycles. The zero-order valence-electron chi connectivity index (χ0n) is 9.32. The summed E-state index contributed by atoms with van der Waals surface area (Å²) >= 11 is 0. The van der Waals surface area contributed by atoms with Crippen LogP contribution in [-0.2, 0) is 9.53 Å². The van der Waals surface area contributed by atoms with Crippen LogP contribution in [-0.4, -0.2) is 43.2 Å². The Morgan fingerprint density at radius 3 is 2.40 bits per heavy atom. The number of piperidine rings is 1. The van der Waals surface area contributed by atoms with E-state index < -0.39 is 0 Å². The van der Waals surface area contributed by atoms with E-state index in [4.69, 9.17) is 10.5 Å². The highest BCUT2D eigenvalue weighted by molar-refractivity contribution is 5.80. The van der Waals surface area contributed by atoms with Crippen LogP contribution in [0.4, 0.5) is 0 Å². The second kappa shape index (κ2) is 4.49. The van der Waals surface area contributed by atoms with Crippen LogP contribution in [0.3, 0.4) is 0 Å². The minimum atomic E-state index is 0.207. The maximum Gasteiger partial charge on any atom is 0.225 e. The average molecular weight is 212 g/mol. The van der Waals surface area contributed by atoms with Crippen molar-refractivity contribution in [1.82, 2.24) is 4.90 Å². The Balaban J connectivity index is 1.78. The molecule has 2 N–H and O–H groups in total. The number of amides is 1. The van der Waals surface area contributed by atoms with Crippen molar-refractivity contribution in [1.29, 1.82) is 0 Å². The van der Waals surface area contributed by atoms with E-state index in [-0.39, 0.29) is 12.0 Å². The van der Waals surface area contributed by atoms with Gasteiger partial charge in [-0.3, -0.25) is 4.79 Å². The summed E-state index contributed by atoms with van der Waals surface area (Å²) in [5.74, 6) is 0.519. The largest absolute Gasteiger partial charge is 0.381 e. The Labute approximate surface area is 90.8 Å². The second-order valence-electron chi connectivity index (χ2n) is 4.69. The molecule has 0 bridgehead atoms. The first-order valence-corrected chi connectivity index (χ1v) is 5.78. The lowest BCUT2D eigenvalue weighted by Gasteiger charge is -2.38. The summed E-state index contributed by atoms with van der Waals surface area (Å²) < 4.78 is 5.28. The molecule has 1 amide bonds. The number of methoxy groups -OCH3 is 1. The molecule has 1 aliphatic heterocycles. The standard InChI is InChI=1S/C11H20N2O2/c1-15-10-2-4-13(5-3-10)11(14)8-6-9(12)7-8/h8-10H,2-7,12H2,1H3. The molecule has 0 aromatic heterocycles. The van der Waals surface area contributed by atoms with Gasteiger partial charge in [0.2, 0.25) is 5.91 Å². The smallest absolute Gasteiger partial charge is 0.225 e. The van der Waals surface area contributed by atoms with E-state index in [1.807, 2.05) is 4.90 Å².